The summed E-state index contributed by atoms with van der Waals surface area (Å²) in [5.41, 5.74) is 0.229. The van der Waals surface area contributed by atoms with Crippen LogP contribution in [0.5, 0.6) is 11.5 Å². The van der Waals surface area contributed by atoms with E-state index < -0.39 is 23.9 Å². The molecule has 8 heteroatoms. The number of urea groups is 1. The summed E-state index contributed by atoms with van der Waals surface area (Å²) in [6.45, 7) is -0.0301. The standard InChI is InChI=1S/C13H15N3O5/c1-20-8-4-3-5-9(21-2)10(8)12(18)14-6-7-11(17)16-13(19)15-7/h3-5,7H,6H2,1-2H3,(H,14,18)(H2,15,16,17,19). The van der Waals surface area contributed by atoms with Crippen molar-refractivity contribution in [2.24, 2.45) is 0 Å². The van der Waals surface area contributed by atoms with E-state index in [1.807, 2.05) is 0 Å². The Balaban J connectivity index is 2.10. The molecule has 1 unspecified atom stereocenters. The molecular formula is C13H15N3O5. The minimum Gasteiger partial charge on any atom is -0.496 e. The van der Waals surface area contributed by atoms with Gasteiger partial charge in [-0.1, -0.05) is 6.07 Å². The number of rotatable bonds is 5. The Kier molecular flexibility index (Phi) is 4.27. The zero-order valence-electron chi connectivity index (χ0n) is 11.6. The van der Waals surface area contributed by atoms with Crippen LogP contribution in [0.1, 0.15) is 10.4 Å². The summed E-state index contributed by atoms with van der Waals surface area (Å²) in [7, 11) is 2.88. The summed E-state index contributed by atoms with van der Waals surface area (Å²) in [5, 5.41) is 7.04. The third kappa shape index (κ3) is 3.04. The van der Waals surface area contributed by atoms with E-state index in [4.69, 9.17) is 9.47 Å². The molecule has 1 saturated heterocycles. The maximum atomic E-state index is 12.2. The van der Waals surface area contributed by atoms with Gasteiger partial charge in [-0.05, 0) is 12.1 Å². The smallest absolute Gasteiger partial charge is 0.322 e. The fourth-order valence-electron chi connectivity index (χ4n) is 1.96. The van der Waals surface area contributed by atoms with Crippen LogP contribution in [0, 0.1) is 0 Å². The molecule has 0 saturated carbocycles. The molecule has 0 aliphatic carbocycles. The van der Waals surface area contributed by atoms with Gasteiger partial charge in [-0.2, -0.15) is 0 Å². The topological polar surface area (TPSA) is 106 Å². The first-order valence-electron chi connectivity index (χ1n) is 6.17. The van der Waals surface area contributed by atoms with Gasteiger partial charge in [0.25, 0.3) is 11.8 Å². The van der Waals surface area contributed by atoms with E-state index in [0.29, 0.717) is 11.5 Å². The number of amides is 4. The number of hydrogen-bond acceptors (Lipinski definition) is 5. The Morgan fingerprint density at radius 1 is 1.24 bits per heavy atom. The third-order valence-corrected chi connectivity index (χ3v) is 2.98. The van der Waals surface area contributed by atoms with Gasteiger partial charge in [-0.15, -0.1) is 0 Å². The molecule has 0 bridgehead atoms. The molecule has 1 heterocycles. The van der Waals surface area contributed by atoms with E-state index in [1.165, 1.54) is 14.2 Å². The van der Waals surface area contributed by atoms with Gasteiger partial charge in [-0.3, -0.25) is 14.9 Å². The first kappa shape index (κ1) is 14.6. The highest BCUT2D eigenvalue weighted by atomic mass is 16.5. The van der Waals surface area contributed by atoms with E-state index in [2.05, 4.69) is 16.0 Å². The van der Waals surface area contributed by atoms with Crippen LogP contribution >= 0.6 is 0 Å². The van der Waals surface area contributed by atoms with Crippen molar-refractivity contribution in [2.75, 3.05) is 20.8 Å². The number of benzene rings is 1. The van der Waals surface area contributed by atoms with Crippen LogP contribution in [0.25, 0.3) is 0 Å². The predicted molar refractivity (Wildman–Crippen MR) is 72.3 cm³/mol. The molecule has 1 aromatic rings. The van der Waals surface area contributed by atoms with Crippen molar-refractivity contribution in [3.8, 4) is 11.5 Å². The van der Waals surface area contributed by atoms with Crippen LogP contribution in [-0.4, -0.2) is 44.7 Å². The Bertz CT molecular complexity index is 565. The highest BCUT2D eigenvalue weighted by Crippen LogP contribution is 2.27. The molecule has 1 aromatic carbocycles. The molecule has 1 atom stereocenters. The van der Waals surface area contributed by atoms with E-state index in [0.717, 1.165) is 0 Å². The number of hydrogen-bond donors (Lipinski definition) is 3. The lowest BCUT2D eigenvalue weighted by Gasteiger charge is -2.14. The number of carbonyl (C=O) groups is 3. The Morgan fingerprint density at radius 2 is 1.86 bits per heavy atom. The molecular weight excluding hydrogens is 278 g/mol. The van der Waals surface area contributed by atoms with E-state index >= 15 is 0 Å². The van der Waals surface area contributed by atoms with Crippen molar-refractivity contribution >= 4 is 17.8 Å². The third-order valence-electron chi connectivity index (χ3n) is 2.98. The van der Waals surface area contributed by atoms with Gasteiger partial charge in [0.1, 0.15) is 23.1 Å². The fourth-order valence-corrected chi connectivity index (χ4v) is 1.96. The van der Waals surface area contributed by atoms with Crippen molar-refractivity contribution in [3.63, 3.8) is 0 Å². The first-order valence-corrected chi connectivity index (χ1v) is 6.17. The van der Waals surface area contributed by atoms with Crippen molar-refractivity contribution in [2.45, 2.75) is 6.04 Å². The lowest BCUT2D eigenvalue weighted by atomic mass is 10.1. The molecule has 1 aliphatic rings. The molecule has 112 valence electrons. The molecule has 8 nitrogen and oxygen atoms in total. The maximum Gasteiger partial charge on any atom is 0.322 e. The average molecular weight is 293 g/mol. The van der Waals surface area contributed by atoms with Crippen LogP contribution in [0.3, 0.4) is 0 Å². The van der Waals surface area contributed by atoms with Gasteiger partial charge in [0, 0.05) is 6.54 Å². The zero-order chi connectivity index (χ0) is 15.4. The molecule has 1 fully saturated rings. The molecule has 4 amide bonds. The maximum absolute atomic E-state index is 12.2. The summed E-state index contributed by atoms with van der Waals surface area (Å²) < 4.78 is 10.3. The predicted octanol–water partition coefficient (Wildman–Crippen LogP) is -0.358. The summed E-state index contributed by atoms with van der Waals surface area (Å²) in [5.74, 6) is -0.232. The monoisotopic (exact) mass is 293 g/mol. The van der Waals surface area contributed by atoms with E-state index in [9.17, 15) is 14.4 Å². The molecule has 3 N–H and O–H groups in total. The summed E-state index contributed by atoms with van der Waals surface area (Å²) in [6.07, 6.45) is 0. The van der Waals surface area contributed by atoms with Crippen molar-refractivity contribution in [1.82, 2.24) is 16.0 Å². The molecule has 0 spiro atoms. The van der Waals surface area contributed by atoms with Crippen LogP contribution in [0.15, 0.2) is 18.2 Å². The van der Waals surface area contributed by atoms with Gasteiger partial charge < -0.3 is 20.1 Å². The Morgan fingerprint density at radius 3 is 2.33 bits per heavy atom. The van der Waals surface area contributed by atoms with Crippen molar-refractivity contribution in [3.05, 3.63) is 23.8 Å². The zero-order valence-corrected chi connectivity index (χ0v) is 11.6. The normalized spacial score (nSPS) is 17.0. The Labute approximate surface area is 120 Å². The SMILES string of the molecule is COc1cccc(OC)c1C(=O)NCC1NC(=O)NC1=O. The number of carbonyl (C=O) groups excluding carboxylic acids is 3. The molecule has 0 radical (unpaired) electrons. The lowest BCUT2D eigenvalue weighted by molar-refractivity contribution is -0.120. The van der Waals surface area contributed by atoms with Gasteiger partial charge in [-0.25, -0.2) is 4.79 Å². The van der Waals surface area contributed by atoms with Gasteiger partial charge >= 0.3 is 6.03 Å². The fraction of sp³-hybridized carbons (Fsp3) is 0.308. The highest BCUT2D eigenvalue weighted by Gasteiger charge is 2.30. The van der Waals surface area contributed by atoms with Crippen molar-refractivity contribution < 1.29 is 23.9 Å². The minimum atomic E-state index is -0.790. The van der Waals surface area contributed by atoms with Crippen molar-refractivity contribution in [1.29, 1.82) is 0 Å². The van der Waals surface area contributed by atoms with Crippen LogP contribution < -0.4 is 25.4 Å². The van der Waals surface area contributed by atoms with Gasteiger partial charge in [0.2, 0.25) is 0 Å². The molecule has 1 aliphatic heterocycles. The first-order chi connectivity index (χ1) is 10.1. The van der Waals surface area contributed by atoms with Gasteiger partial charge in [0.15, 0.2) is 0 Å². The quantitative estimate of drug-likeness (QED) is 0.643. The van der Waals surface area contributed by atoms with Gasteiger partial charge in [0.05, 0.1) is 14.2 Å². The second kappa shape index (κ2) is 6.12. The largest absolute Gasteiger partial charge is 0.496 e. The molecule has 0 aromatic heterocycles. The van der Waals surface area contributed by atoms with Crippen LogP contribution in [0.2, 0.25) is 0 Å². The highest BCUT2D eigenvalue weighted by molar-refractivity contribution is 6.05. The molecule has 2 rings (SSSR count). The van der Waals surface area contributed by atoms with Crippen LogP contribution in [0.4, 0.5) is 4.79 Å². The lowest BCUT2D eigenvalue weighted by Crippen LogP contribution is -2.41. The summed E-state index contributed by atoms with van der Waals surface area (Å²) in [6, 6.07) is 3.58. The summed E-state index contributed by atoms with van der Waals surface area (Å²) in [4.78, 5) is 34.6. The Hall–Kier alpha value is -2.77. The number of methoxy groups -OCH3 is 2. The second-order valence-corrected chi connectivity index (χ2v) is 4.26. The second-order valence-electron chi connectivity index (χ2n) is 4.26. The number of nitrogens with one attached hydrogen (secondary N) is 3. The minimum absolute atomic E-state index is 0.0301. The van der Waals surface area contributed by atoms with E-state index in [-0.39, 0.29) is 12.1 Å². The number of ether oxygens (including phenoxy) is 2. The summed E-state index contributed by atoms with van der Waals surface area (Å²) >= 11 is 0. The van der Waals surface area contributed by atoms with Crippen LogP contribution in [-0.2, 0) is 4.79 Å². The molecule has 21 heavy (non-hydrogen) atoms. The average Bonchev–Trinajstić information content (AvgIpc) is 2.81. The number of imide groups is 1. The van der Waals surface area contributed by atoms with E-state index in [1.54, 1.807) is 18.2 Å².